The Bertz CT molecular complexity index is 711. The highest BCUT2D eigenvalue weighted by molar-refractivity contribution is 5.89. The van der Waals surface area contributed by atoms with Gasteiger partial charge in [0.1, 0.15) is 6.61 Å². The van der Waals surface area contributed by atoms with E-state index in [0.29, 0.717) is 17.8 Å². The number of amides is 1. The average molecular weight is 370 g/mol. The molecule has 0 bridgehead atoms. The van der Waals surface area contributed by atoms with Gasteiger partial charge in [0.2, 0.25) is 5.91 Å². The maximum Gasteiger partial charge on any atom is 0.309 e. The summed E-state index contributed by atoms with van der Waals surface area (Å²) in [5.74, 6) is 1.64. The first-order valence-corrected chi connectivity index (χ1v) is 10.4. The molecule has 0 aromatic heterocycles. The summed E-state index contributed by atoms with van der Waals surface area (Å²) in [6, 6.07) is 2.28. The Morgan fingerprint density at radius 2 is 2.07 bits per heavy atom. The van der Waals surface area contributed by atoms with E-state index in [2.05, 4.69) is 25.2 Å². The summed E-state index contributed by atoms with van der Waals surface area (Å²) in [6.45, 7) is 4.82. The molecule has 1 heterocycles. The molecule has 0 aromatic rings. The summed E-state index contributed by atoms with van der Waals surface area (Å²) in [7, 11) is 0. The van der Waals surface area contributed by atoms with Crippen LogP contribution in [0.2, 0.25) is 0 Å². The molecule has 0 unspecified atom stereocenters. The molecule has 4 rings (SSSR count). The molecule has 0 saturated heterocycles. The number of carbonyl (C=O) groups is 2. The third-order valence-corrected chi connectivity index (χ3v) is 8.43. The van der Waals surface area contributed by atoms with E-state index in [-0.39, 0.29) is 47.7 Å². The SMILES string of the molecule is C[C@]12C=CC(=O)N[C@@H]1CC[C@@H]1[C@@H]2CC[C@]2(C)[C@@H](C(=O)OCCC#N)CC[C@@H]12. The third kappa shape index (κ3) is 2.80. The van der Waals surface area contributed by atoms with Crippen molar-refractivity contribution in [2.45, 2.75) is 64.8 Å². The number of ether oxygens (including phenoxy) is 1. The van der Waals surface area contributed by atoms with Gasteiger partial charge in [-0.1, -0.05) is 19.9 Å². The second-order valence-corrected chi connectivity index (χ2v) is 9.46. The van der Waals surface area contributed by atoms with Gasteiger partial charge < -0.3 is 10.1 Å². The van der Waals surface area contributed by atoms with Crippen molar-refractivity contribution in [3.63, 3.8) is 0 Å². The van der Waals surface area contributed by atoms with E-state index in [0.717, 1.165) is 38.5 Å². The molecule has 3 aliphatic carbocycles. The van der Waals surface area contributed by atoms with E-state index < -0.39 is 0 Å². The fourth-order valence-corrected chi connectivity index (χ4v) is 7.02. The van der Waals surface area contributed by atoms with Crippen LogP contribution < -0.4 is 5.32 Å². The van der Waals surface area contributed by atoms with E-state index in [1.807, 2.05) is 6.07 Å². The zero-order chi connectivity index (χ0) is 19.2. The highest BCUT2D eigenvalue weighted by Crippen LogP contribution is 2.65. The lowest BCUT2D eigenvalue weighted by Gasteiger charge is -2.58. The quantitative estimate of drug-likeness (QED) is 0.610. The normalized spacial score (nSPS) is 45.1. The van der Waals surface area contributed by atoms with Crippen LogP contribution in [0, 0.1) is 45.8 Å². The fraction of sp³-hybridized carbons (Fsp3) is 0.773. The van der Waals surface area contributed by atoms with Crippen LogP contribution in [-0.2, 0) is 14.3 Å². The number of hydrogen-bond donors (Lipinski definition) is 1. The standard InChI is InChI=1S/C22H30N2O3/c1-21-10-8-16-14(4-7-18-22(16,2)11-9-19(25)24-18)15(21)5-6-17(21)20(26)27-13-3-12-23/h9,11,14-18H,3-8,10,13H2,1-2H3,(H,24,25)/t14-,15-,16-,17+,18+,21-,22+/m0/s1. The molecule has 0 aromatic carbocycles. The number of nitrogens with zero attached hydrogens (tertiary/aromatic N) is 1. The molecule has 146 valence electrons. The lowest BCUT2D eigenvalue weighted by molar-refractivity contribution is -0.156. The van der Waals surface area contributed by atoms with E-state index in [1.165, 1.54) is 0 Å². The van der Waals surface area contributed by atoms with Crippen molar-refractivity contribution >= 4 is 11.9 Å². The Morgan fingerprint density at radius 1 is 1.26 bits per heavy atom. The lowest BCUT2D eigenvalue weighted by Crippen LogP contribution is -2.59. The van der Waals surface area contributed by atoms with Crippen LogP contribution in [0.15, 0.2) is 12.2 Å². The van der Waals surface area contributed by atoms with Gasteiger partial charge in [-0.25, -0.2) is 0 Å². The fourth-order valence-electron chi connectivity index (χ4n) is 7.02. The number of fused-ring (bicyclic) bond motifs is 5. The lowest BCUT2D eigenvalue weighted by atomic mass is 9.48. The zero-order valence-corrected chi connectivity index (χ0v) is 16.4. The van der Waals surface area contributed by atoms with Crippen molar-refractivity contribution in [3.05, 3.63) is 12.2 Å². The highest BCUT2D eigenvalue weighted by atomic mass is 16.5. The molecule has 5 nitrogen and oxygen atoms in total. The van der Waals surface area contributed by atoms with Crippen molar-refractivity contribution in [1.29, 1.82) is 5.26 Å². The Morgan fingerprint density at radius 3 is 2.85 bits per heavy atom. The van der Waals surface area contributed by atoms with Gasteiger partial charge in [-0.3, -0.25) is 9.59 Å². The first-order chi connectivity index (χ1) is 12.9. The van der Waals surface area contributed by atoms with E-state index in [9.17, 15) is 9.59 Å². The summed E-state index contributed by atoms with van der Waals surface area (Å²) in [5.41, 5.74) is 0.0409. The molecule has 1 N–H and O–H groups in total. The molecule has 0 spiro atoms. The molecule has 4 aliphatic rings. The van der Waals surface area contributed by atoms with E-state index in [4.69, 9.17) is 10.00 Å². The van der Waals surface area contributed by atoms with E-state index in [1.54, 1.807) is 6.08 Å². The molecular formula is C22H30N2O3. The van der Waals surface area contributed by atoms with Gasteiger partial charge in [-0.15, -0.1) is 0 Å². The van der Waals surface area contributed by atoms with Crippen LogP contribution in [0.1, 0.15) is 58.8 Å². The largest absolute Gasteiger partial charge is 0.464 e. The molecule has 3 fully saturated rings. The number of nitriles is 1. The number of rotatable bonds is 3. The molecule has 1 amide bonds. The van der Waals surface area contributed by atoms with Crippen molar-refractivity contribution in [2.75, 3.05) is 6.61 Å². The minimum Gasteiger partial charge on any atom is -0.464 e. The van der Waals surface area contributed by atoms with Crippen LogP contribution >= 0.6 is 0 Å². The maximum atomic E-state index is 12.7. The number of esters is 1. The van der Waals surface area contributed by atoms with Crippen LogP contribution in [-0.4, -0.2) is 24.5 Å². The van der Waals surface area contributed by atoms with Crippen molar-refractivity contribution in [3.8, 4) is 6.07 Å². The van der Waals surface area contributed by atoms with Crippen LogP contribution in [0.4, 0.5) is 0 Å². The average Bonchev–Trinajstić information content (AvgIpc) is 3.00. The van der Waals surface area contributed by atoms with Crippen molar-refractivity contribution in [2.24, 2.45) is 34.5 Å². The number of hydrogen-bond acceptors (Lipinski definition) is 4. The molecule has 5 heteroatoms. The smallest absolute Gasteiger partial charge is 0.309 e. The zero-order valence-electron chi connectivity index (χ0n) is 16.4. The van der Waals surface area contributed by atoms with Gasteiger partial charge in [0.25, 0.3) is 0 Å². The van der Waals surface area contributed by atoms with Crippen molar-refractivity contribution < 1.29 is 14.3 Å². The highest BCUT2D eigenvalue weighted by Gasteiger charge is 2.61. The molecule has 0 radical (unpaired) electrons. The maximum absolute atomic E-state index is 12.7. The van der Waals surface area contributed by atoms with Gasteiger partial charge >= 0.3 is 5.97 Å². The second-order valence-electron chi connectivity index (χ2n) is 9.46. The summed E-state index contributed by atoms with van der Waals surface area (Å²) >= 11 is 0. The molecule has 3 saturated carbocycles. The number of carbonyl (C=O) groups excluding carboxylic acids is 2. The van der Waals surface area contributed by atoms with Gasteiger partial charge in [0.05, 0.1) is 18.4 Å². The van der Waals surface area contributed by atoms with E-state index >= 15 is 0 Å². The van der Waals surface area contributed by atoms with Gasteiger partial charge in [0, 0.05) is 11.5 Å². The topological polar surface area (TPSA) is 79.2 Å². The summed E-state index contributed by atoms with van der Waals surface area (Å²) in [4.78, 5) is 24.5. The van der Waals surface area contributed by atoms with Crippen molar-refractivity contribution in [1.82, 2.24) is 5.32 Å². The van der Waals surface area contributed by atoms with Gasteiger partial charge in [-0.05, 0) is 67.8 Å². The molecular weight excluding hydrogens is 340 g/mol. The van der Waals surface area contributed by atoms with Crippen LogP contribution in [0.25, 0.3) is 0 Å². The van der Waals surface area contributed by atoms with Gasteiger partial charge in [0.15, 0.2) is 0 Å². The minimum atomic E-state index is -0.0987. The second kappa shape index (κ2) is 6.65. The minimum absolute atomic E-state index is 0.00964. The van der Waals surface area contributed by atoms with Crippen LogP contribution in [0.5, 0.6) is 0 Å². The first kappa shape index (κ1) is 18.5. The Kier molecular flexibility index (Phi) is 4.56. The molecule has 27 heavy (non-hydrogen) atoms. The predicted molar refractivity (Wildman–Crippen MR) is 100 cm³/mol. The molecule has 7 atom stereocenters. The monoisotopic (exact) mass is 370 g/mol. The Hall–Kier alpha value is -1.83. The summed E-state index contributed by atoms with van der Waals surface area (Å²) in [6.07, 6.45) is 10.5. The first-order valence-electron chi connectivity index (χ1n) is 10.4. The Balaban J connectivity index is 1.54. The van der Waals surface area contributed by atoms with Gasteiger partial charge in [-0.2, -0.15) is 5.26 Å². The third-order valence-electron chi connectivity index (χ3n) is 8.43. The number of nitrogens with one attached hydrogen (secondary N) is 1. The summed E-state index contributed by atoms with van der Waals surface area (Å²) < 4.78 is 5.41. The predicted octanol–water partition coefficient (Wildman–Crippen LogP) is 3.36. The summed E-state index contributed by atoms with van der Waals surface area (Å²) in [5, 5.41) is 11.9. The van der Waals surface area contributed by atoms with Crippen LogP contribution in [0.3, 0.4) is 0 Å². The Labute approximate surface area is 161 Å². The molecule has 1 aliphatic heterocycles.